The van der Waals surface area contributed by atoms with Crippen LogP contribution in [-0.2, 0) is 9.59 Å². The summed E-state index contributed by atoms with van der Waals surface area (Å²) in [5.74, 6) is -0.325. The lowest BCUT2D eigenvalue weighted by Gasteiger charge is -2.08. The van der Waals surface area contributed by atoms with E-state index in [0.29, 0.717) is 28.4 Å². The summed E-state index contributed by atoms with van der Waals surface area (Å²) in [5, 5.41) is 13.8. The van der Waals surface area contributed by atoms with Crippen LogP contribution in [-0.4, -0.2) is 11.8 Å². The molecule has 0 saturated heterocycles. The third-order valence-corrected chi connectivity index (χ3v) is 3.55. The molecule has 3 aromatic carbocycles. The first-order valence-electron chi connectivity index (χ1n) is 8.09. The minimum atomic E-state index is -0.824. The second kappa shape index (κ2) is 8.32. The maximum atomic E-state index is 12.0. The second-order valence-corrected chi connectivity index (χ2v) is 5.54. The molecule has 0 heterocycles. The molecule has 0 atom stereocenters. The van der Waals surface area contributed by atoms with Crippen molar-refractivity contribution in [2.45, 2.75) is 0 Å². The molecule has 0 aliphatic rings. The van der Waals surface area contributed by atoms with Gasteiger partial charge in [0, 0.05) is 11.4 Å². The predicted molar refractivity (Wildman–Crippen MR) is 101 cm³/mol. The highest BCUT2D eigenvalue weighted by molar-refractivity contribution is 6.43. The molecule has 0 aliphatic heterocycles. The van der Waals surface area contributed by atoms with Crippen molar-refractivity contribution in [3.05, 3.63) is 84.4 Å². The molecular weight excluding hydrogens is 342 g/mol. The van der Waals surface area contributed by atoms with Crippen molar-refractivity contribution >= 4 is 23.2 Å². The van der Waals surface area contributed by atoms with Crippen molar-refractivity contribution in [3.8, 4) is 17.6 Å². The Morgan fingerprint density at radius 1 is 0.741 bits per heavy atom. The third-order valence-electron chi connectivity index (χ3n) is 3.55. The average molecular weight is 357 g/mol. The van der Waals surface area contributed by atoms with Crippen molar-refractivity contribution in [2.24, 2.45) is 0 Å². The number of benzene rings is 3. The molecule has 0 unspecified atom stereocenters. The van der Waals surface area contributed by atoms with E-state index in [1.165, 1.54) is 6.07 Å². The van der Waals surface area contributed by atoms with Gasteiger partial charge >= 0.3 is 11.8 Å². The zero-order valence-electron chi connectivity index (χ0n) is 14.2. The van der Waals surface area contributed by atoms with E-state index < -0.39 is 11.8 Å². The highest BCUT2D eigenvalue weighted by atomic mass is 16.5. The maximum absolute atomic E-state index is 12.0. The number of carbonyl (C=O) groups excluding carboxylic acids is 2. The average Bonchev–Trinajstić information content (AvgIpc) is 2.70. The summed E-state index contributed by atoms with van der Waals surface area (Å²) in [6, 6.07) is 24.2. The molecule has 2 N–H and O–H groups in total. The summed E-state index contributed by atoms with van der Waals surface area (Å²) in [5.41, 5.74) is 1.23. The van der Waals surface area contributed by atoms with Crippen LogP contribution < -0.4 is 15.4 Å². The minimum Gasteiger partial charge on any atom is -0.457 e. The monoisotopic (exact) mass is 357 g/mol. The number of hydrogen-bond donors (Lipinski definition) is 2. The summed E-state index contributed by atoms with van der Waals surface area (Å²) >= 11 is 0. The molecule has 0 aromatic heterocycles. The first-order chi connectivity index (χ1) is 13.1. The van der Waals surface area contributed by atoms with Crippen LogP contribution in [0.15, 0.2) is 78.9 Å². The van der Waals surface area contributed by atoms with Crippen LogP contribution in [0.3, 0.4) is 0 Å². The summed E-state index contributed by atoms with van der Waals surface area (Å²) in [4.78, 5) is 24.0. The topological polar surface area (TPSA) is 91.2 Å². The van der Waals surface area contributed by atoms with Crippen molar-refractivity contribution in [2.75, 3.05) is 10.6 Å². The van der Waals surface area contributed by atoms with Crippen molar-refractivity contribution in [1.29, 1.82) is 5.26 Å². The van der Waals surface area contributed by atoms with Crippen LogP contribution in [0.1, 0.15) is 5.56 Å². The fourth-order valence-electron chi connectivity index (χ4n) is 2.27. The number of carbonyl (C=O) groups is 2. The second-order valence-electron chi connectivity index (χ2n) is 5.54. The molecule has 27 heavy (non-hydrogen) atoms. The molecule has 0 bridgehead atoms. The quantitative estimate of drug-likeness (QED) is 0.692. The van der Waals surface area contributed by atoms with Gasteiger partial charge in [-0.3, -0.25) is 9.59 Å². The van der Waals surface area contributed by atoms with Gasteiger partial charge in [0.25, 0.3) is 0 Å². The van der Waals surface area contributed by atoms with Gasteiger partial charge in [0.2, 0.25) is 0 Å². The van der Waals surface area contributed by atoms with E-state index in [2.05, 4.69) is 10.6 Å². The van der Waals surface area contributed by atoms with Crippen molar-refractivity contribution < 1.29 is 14.3 Å². The molecule has 6 heteroatoms. The Morgan fingerprint density at radius 2 is 1.37 bits per heavy atom. The molecule has 3 aromatic rings. The van der Waals surface area contributed by atoms with Gasteiger partial charge in [-0.05, 0) is 54.6 Å². The van der Waals surface area contributed by atoms with Gasteiger partial charge in [-0.15, -0.1) is 0 Å². The van der Waals surface area contributed by atoms with Crippen LogP contribution in [0.5, 0.6) is 11.5 Å². The van der Waals surface area contributed by atoms with Crippen molar-refractivity contribution in [1.82, 2.24) is 0 Å². The van der Waals surface area contributed by atoms with E-state index in [-0.39, 0.29) is 0 Å². The molecular formula is C21H15N3O3. The number of nitrogens with zero attached hydrogens (tertiary/aromatic N) is 1. The van der Waals surface area contributed by atoms with Gasteiger partial charge in [-0.1, -0.05) is 24.3 Å². The highest BCUT2D eigenvalue weighted by Gasteiger charge is 2.14. The molecule has 6 nitrogen and oxygen atoms in total. The van der Waals surface area contributed by atoms with Gasteiger partial charge in [-0.25, -0.2) is 0 Å². The number of amides is 2. The van der Waals surface area contributed by atoms with E-state index >= 15 is 0 Å². The zero-order valence-corrected chi connectivity index (χ0v) is 14.2. The predicted octanol–water partition coefficient (Wildman–Crippen LogP) is 3.93. The SMILES string of the molecule is N#Cc1cccc(NC(=O)C(=O)Nc2ccc(Oc3ccccc3)cc2)c1. The molecule has 0 spiro atoms. The Hall–Kier alpha value is -4.11. The molecule has 2 amide bonds. The van der Waals surface area contributed by atoms with Crippen LogP contribution in [0.25, 0.3) is 0 Å². The Kier molecular flexibility index (Phi) is 5.45. The van der Waals surface area contributed by atoms with Crippen LogP contribution in [0, 0.1) is 11.3 Å². The number of hydrogen-bond acceptors (Lipinski definition) is 4. The standard InChI is InChI=1S/C21H15N3O3/c22-14-15-5-4-6-17(13-15)24-21(26)20(25)23-16-9-11-19(12-10-16)27-18-7-2-1-3-8-18/h1-13H,(H,23,25)(H,24,26). The first-order valence-corrected chi connectivity index (χ1v) is 8.09. The van der Waals surface area contributed by atoms with Crippen LogP contribution >= 0.6 is 0 Å². The summed E-state index contributed by atoms with van der Waals surface area (Å²) < 4.78 is 5.67. The van der Waals surface area contributed by atoms with Gasteiger partial charge in [0.1, 0.15) is 11.5 Å². The van der Waals surface area contributed by atoms with E-state index in [1.54, 1.807) is 42.5 Å². The summed E-state index contributed by atoms with van der Waals surface area (Å²) in [6.07, 6.45) is 0. The first kappa shape index (κ1) is 17.7. The Balaban J connectivity index is 1.58. The van der Waals surface area contributed by atoms with Crippen LogP contribution in [0.4, 0.5) is 11.4 Å². The number of nitriles is 1. The molecule has 0 saturated carbocycles. The lowest BCUT2D eigenvalue weighted by atomic mass is 10.2. The Morgan fingerprint density at radius 3 is 2.04 bits per heavy atom. The fraction of sp³-hybridized carbons (Fsp3) is 0. The Bertz CT molecular complexity index is 993. The van der Waals surface area contributed by atoms with Gasteiger partial charge in [0.15, 0.2) is 0 Å². The molecule has 0 radical (unpaired) electrons. The van der Waals surface area contributed by atoms with E-state index in [4.69, 9.17) is 10.00 Å². The zero-order chi connectivity index (χ0) is 19.1. The summed E-state index contributed by atoms with van der Waals surface area (Å²) in [7, 11) is 0. The number of ether oxygens (including phenoxy) is 1. The van der Waals surface area contributed by atoms with Gasteiger partial charge in [-0.2, -0.15) is 5.26 Å². The van der Waals surface area contributed by atoms with E-state index in [9.17, 15) is 9.59 Å². The lowest BCUT2D eigenvalue weighted by Crippen LogP contribution is -2.29. The van der Waals surface area contributed by atoms with Gasteiger partial charge < -0.3 is 15.4 Å². The van der Waals surface area contributed by atoms with Gasteiger partial charge in [0.05, 0.1) is 11.6 Å². The van der Waals surface area contributed by atoms with E-state index in [1.807, 2.05) is 36.4 Å². The molecule has 3 rings (SSSR count). The number of anilines is 2. The largest absolute Gasteiger partial charge is 0.457 e. The van der Waals surface area contributed by atoms with Crippen LogP contribution in [0.2, 0.25) is 0 Å². The highest BCUT2D eigenvalue weighted by Crippen LogP contribution is 2.22. The molecule has 132 valence electrons. The smallest absolute Gasteiger partial charge is 0.314 e. The Labute approximate surface area is 156 Å². The summed E-state index contributed by atoms with van der Waals surface area (Å²) in [6.45, 7) is 0. The third kappa shape index (κ3) is 4.94. The van der Waals surface area contributed by atoms with Crippen molar-refractivity contribution in [3.63, 3.8) is 0 Å². The maximum Gasteiger partial charge on any atom is 0.314 e. The van der Waals surface area contributed by atoms with E-state index in [0.717, 1.165) is 0 Å². The lowest BCUT2D eigenvalue weighted by molar-refractivity contribution is -0.132. The number of rotatable bonds is 4. The minimum absolute atomic E-state index is 0.376. The molecule has 0 fully saturated rings. The fourth-order valence-corrected chi connectivity index (χ4v) is 2.27. The number of para-hydroxylation sites is 1. The molecule has 0 aliphatic carbocycles. The normalized spacial score (nSPS) is 9.74. The number of nitrogens with one attached hydrogen (secondary N) is 2.